The molecule has 0 bridgehead atoms. The quantitative estimate of drug-likeness (QED) is 0.325. The summed E-state index contributed by atoms with van der Waals surface area (Å²) in [6, 6.07) is 11.4. The molecular weight excluding hydrogens is 458 g/mol. The van der Waals surface area contributed by atoms with Gasteiger partial charge >= 0.3 is 0 Å². The molecule has 0 atom stereocenters. The van der Waals surface area contributed by atoms with Gasteiger partial charge in [-0.15, -0.1) is 0 Å². The number of rotatable bonds is 10. The number of nitrogens with one attached hydrogen (secondary N) is 2. The lowest BCUT2D eigenvalue weighted by molar-refractivity contribution is -0.111. The van der Waals surface area contributed by atoms with Crippen LogP contribution in [0.5, 0.6) is 11.5 Å². The van der Waals surface area contributed by atoms with Crippen LogP contribution >= 0.6 is 0 Å². The second-order valence-electron chi connectivity index (χ2n) is 8.35. The number of carbonyl (C=O) groups excluding carboxylic acids is 1. The molecule has 2 aromatic carbocycles. The van der Waals surface area contributed by atoms with E-state index in [0.29, 0.717) is 41.8 Å². The number of anilines is 3. The molecule has 0 unspecified atom stereocenters. The first-order chi connectivity index (χ1) is 17.4. The van der Waals surface area contributed by atoms with Crippen LogP contribution in [0.1, 0.15) is 0 Å². The molecule has 0 aliphatic carbocycles. The third-order valence-electron chi connectivity index (χ3n) is 5.52. The van der Waals surface area contributed by atoms with E-state index in [1.807, 2.05) is 61.2 Å². The van der Waals surface area contributed by atoms with Crippen LogP contribution in [0.4, 0.5) is 17.2 Å². The van der Waals surface area contributed by atoms with Crippen molar-refractivity contribution in [1.29, 1.82) is 0 Å². The summed E-state index contributed by atoms with van der Waals surface area (Å²) in [5.74, 6) is 1.23. The van der Waals surface area contributed by atoms with Crippen LogP contribution in [0.25, 0.3) is 22.2 Å². The predicted octanol–water partition coefficient (Wildman–Crippen LogP) is 3.85. The zero-order chi connectivity index (χ0) is 25.7. The summed E-state index contributed by atoms with van der Waals surface area (Å²) >= 11 is 0. The molecule has 10 heteroatoms. The molecular formula is C26H29N7O3. The lowest BCUT2D eigenvalue weighted by Gasteiger charge is -2.18. The summed E-state index contributed by atoms with van der Waals surface area (Å²) in [4.78, 5) is 22.9. The second kappa shape index (κ2) is 10.9. The summed E-state index contributed by atoms with van der Waals surface area (Å²) in [6.45, 7) is 4.69. The smallest absolute Gasteiger partial charge is 0.247 e. The number of ether oxygens (including phenoxy) is 2. The Labute approximate surface area is 209 Å². The fourth-order valence-corrected chi connectivity index (χ4v) is 3.59. The van der Waals surface area contributed by atoms with Crippen LogP contribution in [0.3, 0.4) is 0 Å². The van der Waals surface area contributed by atoms with Crippen LogP contribution in [0.2, 0.25) is 0 Å². The SMILES string of the molecule is C=CC(=O)Nc1cc(Nc2cc(-c3ccc4cnn(C)c4c3)ncn2)c(OC)cc1OCCN(C)C. The molecule has 0 spiro atoms. The minimum absolute atomic E-state index is 0.349. The average Bonchev–Trinajstić information content (AvgIpc) is 3.25. The number of amides is 1. The summed E-state index contributed by atoms with van der Waals surface area (Å²) < 4.78 is 13.4. The van der Waals surface area contributed by atoms with E-state index in [1.165, 1.54) is 12.4 Å². The zero-order valence-corrected chi connectivity index (χ0v) is 20.8. The Morgan fingerprint density at radius 1 is 1.14 bits per heavy atom. The summed E-state index contributed by atoms with van der Waals surface area (Å²) in [5.41, 5.74) is 3.78. The number of likely N-dealkylation sites (N-methyl/N-ethyl adjacent to an activating group) is 1. The third-order valence-corrected chi connectivity index (χ3v) is 5.52. The van der Waals surface area contributed by atoms with Crippen LogP contribution in [0, 0.1) is 0 Å². The largest absolute Gasteiger partial charge is 0.494 e. The first-order valence-electron chi connectivity index (χ1n) is 11.3. The number of hydrogen-bond acceptors (Lipinski definition) is 8. The average molecular weight is 488 g/mol. The fraction of sp³-hybridized carbons (Fsp3) is 0.231. The minimum atomic E-state index is -0.349. The van der Waals surface area contributed by atoms with E-state index in [1.54, 1.807) is 19.2 Å². The molecule has 0 saturated heterocycles. The van der Waals surface area contributed by atoms with Crippen LogP contribution in [0.15, 0.2) is 61.6 Å². The van der Waals surface area contributed by atoms with Crippen molar-refractivity contribution < 1.29 is 14.3 Å². The number of aryl methyl sites for hydroxylation is 1. The standard InChI is InChI=1S/C26H29N7O3/c1-6-26(34)31-21-12-20(23(35-5)14-24(21)36-10-9-32(2)3)30-25-13-19(27-16-28-25)17-7-8-18-15-29-33(4)22(18)11-17/h6-8,11-16H,1,9-10H2,2-5H3,(H,31,34)(H,27,28,30). The normalized spacial score (nSPS) is 10.9. The molecule has 0 aliphatic heterocycles. The maximum absolute atomic E-state index is 12.1. The number of nitrogens with zero attached hydrogens (tertiary/aromatic N) is 5. The lowest BCUT2D eigenvalue weighted by atomic mass is 10.1. The Hall–Kier alpha value is -4.44. The van der Waals surface area contributed by atoms with Crippen molar-refractivity contribution in [2.45, 2.75) is 0 Å². The lowest BCUT2D eigenvalue weighted by Crippen LogP contribution is -2.20. The van der Waals surface area contributed by atoms with E-state index >= 15 is 0 Å². The molecule has 0 saturated carbocycles. The highest BCUT2D eigenvalue weighted by molar-refractivity contribution is 6.00. The monoisotopic (exact) mass is 487 g/mol. The zero-order valence-electron chi connectivity index (χ0n) is 20.8. The maximum Gasteiger partial charge on any atom is 0.247 e. The van der Waals surface area contributed by atoms with E-state index in [2.05, 4.69) is 32.3 Å². The maximum atomic E-state index is 12.1. The van der Waals surface area contributed by atoms with Crippen LogP contribution in [-0.4, -0.2) is 64.9 Å². The summed E-state index contributed by atoms with van der Waals surface area (Å²) in [7, 11) is 7.40. The first-order valence-corrected chi connectivity index (χ1v) is 11.3. The molecule has 4 aromatic rings. The van der Waals surface area contributed by atoms with Crippen molar-refractivity contribution in [2.75, 3.05) is 45.0 Å². The Balaban J connectivity index is 1.65. The van der Waals surface area contributed by atoms with Crippen molar-refractivity contribution in [2.24, 2.45) is 7.05 Å². The topological polar surface area (TPSA) is 106 Å². The molecule has 1 amide bonds. The number of benzene rings is 2. The van der Waals surface area contributed by atoms with Gasteiger partial charge in [-0.3, -0.25) is 9.48 Å². The predicted molar refractivity (Wildman–Crippen MR) is 141 cm³/mol. The minimum Gasteiger partial charge on any atom is -0.494 e. The van der Waals surface area contributed by atoms with E-state index in [-0.39, 0.29) is 5.91 Å². The summed E-state index contributed by atoms with van der Waals surface area (Å²) in [6.07, 6.45) is 4.53. The van der Waals surface area contributed by atoms with Gasteiger partial charge in [0.05, 0.1) is 35.9 Å². The number of carbonyl (C=O) groups is 1. The molecule has 36 heavy (non-hydrogen) atoms. The summed E-state index contributed by atoms with van der Waals surface area (Å²) in [5, 5.41) is 11.4. The molecule has 0 radical (unpaired) electrons. The highest BCUT2D eigenvalue weighted by Gasteiger charge is 2.15. The van der Waals surface area contributed by atoms with Gasteiger partial charge in [0.1, 0.15) is 30.3 Å². The van der Waals surface area contributed by atoms with Crippen molar-refractivity contribution in [3.63, 3.8) is 0 Å². The van der Waals surface area contributed by atoms with E-state index < -0.39 is 0 Å². The van der Waals surface area contributed by atoms with Gasteiger partial charge in [0.2, 0.25) is 5.91 Å². The highest BCUT2D eigenvalue weighted by atomic mass is 16.5. The van der Waals surface area contributed by atoms with E-state index in [4.69, 9.17) is 9.47 Å². The van der Waals surface area contributed by atoms with E-state index in [0.717, 1.165) is 22.2 Å². The van der Waals surface area contributed by atoms with Gasteiger partial charge < -0.3 is 25.0 Å². The van der Waals surface area contributed by atoms with Crippen LogP contribution < -0.4 is 20.1 Å². The Bertz CT molecular complexity index is 1400. The van der Waals surface area contributed by atoms with Gasteiger partial charge in [0.25, 0.3) is 0 Å². The van der Waals surface area contributed by atoms with Crippen molar-refractivity contribution >= 4 is 34.0 Å². The third kappa shape index (κ3) is 5.61. The van der Waals surface area contributed by atoms with Gasteiger partial charge in [0.15, 0.2) is 0 Å². The first kappa shape index (κ1) is 24.7. The number of hydrogen-bond donors (Lipinski definition) is 2. The van der Waals surface area contributed by atoms with Gasteiger partial charge in [0, 0.05) is 36.7 Å². The van der Waals surface area contributed by atoms with Crippen LogP contribution in [-0.2, 0) is 11.8 Å². The highest BCUT2D eigenvalue weighted by Crippen LogP contribution is 2.38. The number of fused-ring (bicyclic) bond motifs is 1. The molecule has 0 aliphatic rings. The molecule has 4 rings (SSSR count). The Morgan fingerprint density at radius 3 is 2.72 bits per heavy atom. The van der Waals surface area contributed by atoms with Gasteiger partial charge in [-0.05, 0) is 32.3 Å². The van der Waals surface area contributed by atoms with Gasteiger partial charge in [-0.25, -0.2) is 9.97 Å². The number of aromatic nitrogens is 4. The molecule has 186 valence electrons. The Morgan fingerprint density at radius 2 is 1.97 bits per heavy atom. The molecule has 2 N–H and O–H groups in total. The van der Waals surface area contributed by atoms with E-state index in [9.17, 15) is 4.79 Å². The van der Waals surface area contributed by atoms with Crippen molar-refractivity contribution in [1.82, 2.24) is 24.6 Å². The molecule has 10 nitrogen and oxygen atoms in total. The van der Waals surface area contributed by atoms with Gasteiger partial charge in [-0.1, -0.05) is 18.7 Å². The van der Waals surface area contributed by atoms with Crippen molar-refractivity contribution in [3.05, 3.63) is 61.6 Å². The second-order valence-corrected chi connectivity index (χ2v) is 8.35. The number of methoxy groups -OCH3 is 1. The van der Waals surface area contributed by atoms with Gasteiger partial charge in [-0.2, -0.15) is 5.10 Å². The molecule has 2 heterocycles. The van der Waals surface area contributed by atoms with Crippen molar-refractivity contribution in [3.8, 4) is 22.8 Å². The fourth-order valence-electron chi connectivity index (χ4n) is 3.59. The Kier molecular flexibility index (Phi) is 7.45. The molecule has 2 aromatic heterocycles. The molecule has 0 fully saturated rings.